The zero-order chi connectivity index (χ0) is 71.8. The van der Waals surface area contributed by atoms with E-state index in [4.69, 9.17) is 23.7 Å². The highest BCUT2D eigenvalue weighted by Gasteiger charge is 2.71. The fourth-order valence-corrected chi connectivity index (χ4v) is 27.6. The molecule has 10 heterocycles. The summed E-state index contributed by atoms with van der Waals surface area (Å²) in [6.45, 7) is 5.01. The van der Waals surface area contributed by atoms with Crippen LogP contribution in [0, 0.1) is 29.6 Å². The maximum absolute atomic E-state index is 12.5. The van der Waals surface area contributed by atoms with E-state index in [1.807, 2.05) is 30.3 Å². The molecular weight excluding hydrogens is 1330 g/mol. The summed E-state index contributed by atoms with van der Waals surface area (Å²) in [5, 5.41) is 51.0. The van der Waals surface area contributed by atoms with Crippen molar-refractivity contribution >= 4 is 28.9 Å². The van der Waals surface area contributed by atoms with E-state index in [1.165, 1.54) is 27.8 Å². The molecule has 105 heavy (non-hydrogen) atoms. The van der Waals surface area contributed by atoms with Gasteiger partial charge in [-0.2, -0.15) is 0 Å². The van der Waals surface area contributed by atoms with Gasteiger partial charge in [-0.05, 0) is 252 Å². The van der Waals surface area contributed by atoms with Crippen molar-refractivity contribution in [3.8, 4) is 57.5 Å². The number of likely N-dealkylation sites (N-methyl/N-ethyl adjacent to an activating group) is 5. The lowest BCUT2D eigenvalue weighted by molar-refractivity contribution is -0.138. The minimum Gasteiger partial charge on any atom is -0.504 e. The standard InChI is InChI=1S/5C17H19NO3/c5*1-18-7-6-17-10-3-5-13(20)16(17)21-15-12(19)4-2-9(14(15)17)8-11(10)18/h5*2,4,10-11,16,19H,3,5-8H2,1H3/t5*10-,11+,16-,17-/m00000/s1. The van der Waals surface area contributed by atoms with E-state index in [1.54, 1.807) is 30.3 Å². The molecule has 10 fully saturated rings. The van der Waals surface area contributed by atoms with Crippen LogP contribution in [0.3, 0.4) is 0 Å². The molecule has 20 aliphatic rings. The number of rotatable bonds is 0. The zero-order valence-electron chi connectivity index (χ0n) is 60.7. The number of hydrogen-bond acceptors (Lipinski definition) is 20. The molecule has 0 amide bonds. The van der Waals surface area contributed by atoms with Crippen molar-refractivity contribution < 1.29 is 73.2 Å². The predicted molar refractivity (Wildman–Crippen MR) is 383 cm³/mol. The van der Waals surface area contributed by atoms with Gasteiger partial charge in [0.15, 0.2) is 117 Å². The fraction of sp³-hybridized carbons (Fsp3) is 0.588. The molecule has 5 aromatic carbocycles. The molecule has 10 bridgehead atoms. The van der Waals surface area contributed by atoms with E-state index in [-0.39, 0.29) is 115 Å². The molecule has 5 spiro atoms. The highest BCUT2D eigenvalue weighted by Crippen LogP contribution is 2.69. The van der Waals surface area contributed by atoms with E-state index in [9.17, 15) is 49.5 Å². The second-order valence-electron chi connectivity index (χ2n) is 35.5. The number of phenolic OH excluding ortho intramolecular Hbond substituents is 5. The van der Waals surface area contributed by atoms with Crippen LogP contribution in [-0.2, 0) is 83.2 Å². The third kappa shape index (κ3) is 8.23. The third-order valence-electron chi connectivity index (χ3n) is 31.9. The molecule has 0 radical (unpaired) electrons. The summed E-state index contributed by atoms with van der Waals surface area (Å²) in [5.74, 6) is 7.48. The van der Waals surface area contributed by atoms with Gasteiger partial charge in [0, 0.05) is 117 Å². The van der Waals surface area contributed by atoms with Gasteiger partial charge in [0.05, 0.1) is 0 Å². The van der Waals surface area contributed by atoms with Crippen LogP contribution < -0.4 is 23.7 Å². The van der Waals surface area contributed by atoms with E-state index in [2.05, 4.69) is 59.7 Å². The maximum atomic E-state index is 12.5. The van der Waals surface area contributed by atoms with Crippen molar-refractivity contribution in [1.82, 2.24) is 24.5 Å². The normalized spacial score (nSPS) is 39.9. The number of piperidine rings is 5. The topological polar surface area (TPSA) is 249 Å². The second-order valence-corrected chi connectivity index (χ2v) is 35.5. The Morgan fingerprint density at radius 1 is 0.286 bits per heavy atom. The number of phenols is 5. The number of aromatic hydroxyl groups is 5. The Hall–Kier alpha value is -7.75. The number of carbonyl (C=O) groups is 5. The van der Waals surface area contributed by atoms with Crippen molar-refractivity contribution in [3.63, 3.8) is 0 Å². The Balaban J connectivity index is 0.0000000846. The molecule has 0 unspecified atom stereocenters. The smallest absolute Gasteiger partial charge is 0.174 e. The molecule has 10 aliphatic heterocycles. The van der Waals surface area contributed by atoms with Gasteiger partial charge in [-0.25, -0.2) is 0 Å². The molecule has 20 nitrogen and oxygen atoms in total. The number of ketones is 5. The Morgan fingerprint density at radius 2 is 0.457 bits per heavy atom. The Kier molecular flexibility index (Phi) is 14.0. The summed E-state index contributed by atoms with van der Waals surface area (Å²) >= 11 is 0. The van der Waals surface area contributed by atoms with Gasteiger partial charge in [0.2, 0.25) is 0 Å². The number of likely N-dealkylation sites (tertiary alicyclic amines) is 5. The Labute approximate surface area is 611 Å². The van der Waals surface area contributed by atoms with Crippen molar-refractivity contribution in [2.45, 2.75) is 216 Å². The highest BCUT2D eigenvalue weighted by atomic mass is 16.5. The van der Waals surface area contributed by atoms with E-state index in [0.29, 0.717) is 121 Å². The van der Waals surface area contributed by atoms with Crippen LogP contribution in [0.4, 0.5) is 0 Å². The lowest BCUT2D eigenvalue weighted by Crippen LogP contribution is -2.65. The third-order valence-corrected chi connectivity index (χ3v) is 31.9. The largest absolute Gasteiger partial charge is 0.504 e. The van der Waals surface area contributed by atoms with Crippen molar-refractivity contribution in [3.05, 3.63) is 116 Å². The summed E-state index contributed by atoms with van der Waals surface area (Å²) < 4.78 is 30.2. The Bertz CT molecular complexity index is 4020. The van der Waals surface area contributed by atoms with Crippen LogP contribution in [0.1, 0.15) is 152 Å². The first-order chi connectivity index (χ1) is 50.6. The first-order valence-electron chi connectivity index (χ1n) is 39.4. The second kappa shape index (κ2) is 22.4. The molecule has 20 atom stereocenters. The summed E-state index contributed by atoms with van der Waals surface area (Å²) in [7, 11) is 11.0. The molecular formula is C85H95N5O15. The number of carbonyl (C=O) groups excluding carboxylic acids is 5. The number of nitrogens with zero attached hydrogens (tertiary/aromatic N) is 5. The minimum atomic E-state index is -0.366. The molecule has 550 valence electrons. The molecule has 25 rings (SSSR count). The molecule has 5 saturated carbocycles. The molecule has 5 aromatic rings. The fourth-order valence-electron chi connectivity index (χ4n) is 27.6. The first kappa shape index (κ1) is 65.5. The van der Waals surface area contributed by atoms with Crippen LogP contribution in [-0.4, -0.2) is 208 Å². The summed E-state index contributed by atoms with van der Waals surface area (Å²) in [5.41, 5.74) is 11.3. The van der Waals surface area contributed by atoms with Crippen LogP contribution in [0.2, 0.25) is 0 Å². The zero-order valence-corrected chi connectivity index (χ0v) is 60.7. The monoisotopic (exact) mass is 1430 g/mol. The average molecular weight is 1430 g/mol. The summed E-state index contributed by atoms with van der Waals surface area (Å²) in [6, 6.07) is 21.3. The molecule has 10 aliphatic carbocycles. The first-order valence-corrected chi connectivity index (χ1v) is 39.4. The van der Waals surface area contributed by atoms with E-state index >= 15 is 0 Å². The number of hydrogen-bond donors (Lipinski definition) is 5. The quantitative estimate of drug-likeness (QED) is 0.0981. The van der Waals surface area contributed by atoms with Gasteiger partial charge >= 0.3 is 0 Å². The van der Waals surface area contributed by atoms with Gasteiger partial charge in [-0.15, -0.1) is 0 Å². The van der Waals surface area contributed by atoms with Crippen LogP contribution in [0.15, 0.2) is 60.7 Å². The number of ether oxygens (including phenoxy) is 5. The van der Waals surface area contributed by atoms with Crippen molar-refractivity contribution in [2.24, 2.45) is 29.6 Å². The van der Waals surface area contributed by atoms with Gasteiger partial charge in [0.25, 0.3) is 0 Å². The van der Waals surface area contributed by atoms with Gasteiger partial charge in [0.1, 0.15) is 0 Å². The van der Waals surface area contributed by atoms with Gasteiger partial charge in [-0.3, -0.25) is 24.0 Å². The Morgan fingerprint density at radius 3 is 0.629 bits per heavy atom. The van der Waals surface area contributed by atoms with Crippen molar-refractivity contribution in [1.29, 1.82) is 0 Å². The highest BCUT2D eigenvalue weighted by molar-refractivity contribution is 5.93. The molecule has 0 aromatic heterocycles. The molecule has 5 N–H and O–H groups in total. The summed E-state index contributed by atoms with van der Waals surface area (Å²) in [4.78, 5) is 74.7. The van der Waals surface area contributed by atoms with Crippen molar-refractivity contribution in [2.75, 3.05) is 68.0 Å². The van der Waals surface area contributed by atoms with Crippen LogP contribution in [0.5, 0.6) is 57.5 Å². The maximum Gasteiger partial charge on any atom is 0.174 e. The SMILES string of the molecule is CN1CC[C@]23c4c5ccc(O)c4O[C@H]2C(=O)CC[C@H]3[C@H]1C5.CN1CC[C@]23c4c5ccc(O)c4O[C@H]2C(=O)CC[C@H]3[C@H]1C5.CN1CC[C@]23c4c5ccc(O)c4O[C@H]2C(=O)CC[C@H]3[C@H]1C5.CN1CC[C@]23c4c5ccc(O)c4O[C@H]2C(=O)CC[C@H]3[C@H]1C5.CN1CC[C@]23c4c5ccc(O)c4O[C@H]2C(=O)CC[C@H]3[C@H]1C5. The van der Waals surface area contributed by atoms with E-state index < -0.39 is 0 Å². The van der Waals surface area contributed by atoms with Gasteiger partial charge in [-0.1, -0.05) is 30.3 Å². The minimum absolute atomic E-state index is 0.172. The average Bonchev–Trinajstić information content (AvgIpc) is 1.60. The number of benzene rings is 5. The van der Waals surface area contributed by atoms with Crippen LogP contribution in [0.25, 0.3) is 0 Å². The van der Waals surface area contributed by atoms with Gasteiger partial charge < -0.3 is 73.7 Å². The lowest BCUT2D eigenvalue weighted by atomic mass is 9.52. The number of Topliss-reactive ketones (excluding diaryl/α,β-unsaturated/α-hetero) is 5. The molecule has 5 saturated heterocycles. The van der Waals surface area contributed by atoms with Crippen LogP contribution >= 0.6 is 0 Å². The van der Waals surface area contributed by atoms with E-state index in [0.717, 1.165) is 157 Å². The summed E-state index contributed by atoms with van der Waals surface area (Å²) in [6.07, 6.45) is 15.9. The molecule has 20 heteroatoms. The predicted octanol–water partition coefficient (Wildman–Crippen LogP) is 8.15. The lowest BCUT2D eigenvalue weighted by Gasteiger charge is -2.57.